The number of hydrogen-bond acceptors (Lipinski definition) is 4. The normalized spacial score (nSPS) is 13.4. The molecule has 5 heteroatoms. The van der Waals surface area contributed by atoms with Crippen LogP contribution in [-0.4, -0.2) is 16.2 Å². The molecule has 5 nitrogen and oxygen atoms in total. The van der Waals surface area contributed by atoms with Gasteiger partial charge in [-0.15, -0.1) is 0 Å². The van der Waals surface area contributed by atoms with Crippen molar-refractivity contribution in [1.29, 1.82) is 0 Å². The molecule has 0 bridgehead atoms. The van der Waals surface area contributed by atoms with Gasteiger partial charge >= 0.3 is 0 Å². The van der Waals surface area contributed by atoms with Crippen LogP contribution in [0, 0.1) is 0 Å². The summed E-state index contributed by atoms with van der Waals surface area (Å²) in [6.45, 7) is 21.2. The fraction of sp³-hybridized carbons (Fsp3) is 0.241. The molecule has 0 aliphatic carbocycles. The smallest absolute Gasteiger partial charge is 0.137 e. The Morgan fingerprint density at radius 2 is 1.15 bits per heavy atom. The highest BCUT2D eigenvalue weighted by Crippen LogP contribution is 2.51. The molecule has 296 valence electrons. The molecule has 0 saturated carbocycles. The minimum absolute atomic E-state index is 0.00241. The molecule has 0 spiro atoms. The fourth-order valence-electron chi connectivity index (χ4n) is 8.36. The number of pyridine rings is 1. The Balaban J connectivity index is 1.13. The van der Waals surface area contributed by atoms with Gasteiger partial charge in [0.05, 0.1) is 22.4 Å². The summed E-state index contributed by atoms with van der Waals surface area (Å²) in [7, 11) is 0. The van der Waals surface area contributed by atoms with Crippen LogP contribution in [0.1, 0.15) is 79.0 Å². The van der Waals surface area contributed by atoms with Gasteiger partial charge in [-0.3, -0.25) is 4.57 Å². The van der Waals surface area contributed by atoms with E-state index in [1.54, 1.807) is 0 Å². The lowest BCUT2D eigenvalue weighted by Crippen LogP contribution is -2.25. The lowest BCUT2D eigenvalue weighted by Gasteiger charge is -2.30. The third kappa shape index (κ3) is 7.13. The van der Waals surface area contributed by atoms with Gasteiger partial charge in [0.15, 0.2) is 0 Å². The summed E-state index contributed by atoms with van der Waals surface area (Å²) in [6, 6.07) is 52.5. The van der Waals surface area contributed by atoms with Crippen molar-refractivity contribution in [1.82, 2.24) is 9.55 Å². The van der Waals surface area contributed by atoms with Gasteiger partial charge in [0.25, 0.3) is 0 Å². The Morgan fingerprint density at radius 3 is 1.88 bits per heavy atom. The number of aromatic nitrogens is 2. The number of fused-ring (bicyclic) bond motifs is 4. The van der Waals surface area contributed by atoms with Crippen LogP contribution in [0.4, 0.5) is 22.7 Å². The van der Waals surface area contributed by atoms with Crippen molar-refractivity contribution in [2.75, 3.05) is 16.5 Å². The van der Waals surface area contributed by atoms with Gasteiger partial charge in [-0.05, 0) is 99.2 Å². The largest absolute Gasteiger partial charge is 0.457 e. The molecule has 1 aliphatic rings. The van der Waals surface area contributed by atoms with Crippen LogP contribution in [0.3, 0.4) is 0 Å². The highest BCUT2D eigenvalue weighted by atomic mass is 16.5. The van der Waals surface area contributed by atoms with E-state index in [-0.39, 0.29) is 16.2 Å². The van der Waals surface area contributed by atoms with E-state index in [9.17, 15) is 0 Å². The van der Waals surface area contributed by atoms with Crippen molar-refractivity contribution in [3.63, 3.8) is 0 Å². The van der Waals surface area contributed by atoms with Gasteiger partial charge in [-0.25, -0.2) is 4.98 Å². The molecule has 0 radical (unpaired) electrons. The highest BCUT2D eigenvalue weighted by molar-refractivity contribution is 6.09. The summed E-state index contributed by atoms with van der Waals surface area (Å²) in [5.41, 5.74) is 13.1. The molecule has 1 aliphatic heterocycles. The molecule has 0 N–H and O–H groups in total. The molecule has 0 amide bonds. The first-order chi connectivity index (χ1) is 28.1. The van der Waals surface area contributed by atoms with E-state index in [0.29, 0.717) is 6.67 Å². The lowest BCUT2D eigenvalue weighted by atomic mass is 9.80. The van der Waals surface area contributed by atoms with Crippen LogP contribution in [0.15, 0.2) is 152 Å². The van der Waals surface area contributed by atoms with Gasteiger partial charge in [-0.1, -0.05) is 135 Å². The van der Waals surface area contributed by atoms with E-state index in [0.717, 1.165) is 45.1 Å². The van der Waals surface area contributed by atoms with Gasteiger partial charge in [0.1, 0.15) is 24.0 Å². The van der Waals surface area contributed by atoms with Crippen LogP contribution in [-0.2, 0) is 16.2 Å². The number of ether oxygens (including phenoxy) is 1. The summed E-state index contributed by atoms with van der Waals surface area (Å²) in [5, 5.41) is 2.35. The molecular formula is C54H54N4O. The number of benzene rings is 6. The van der Waals surface area contributed by atoms with E-state index in [1.807, 2.05) is 6.20 Å². The standard InChI is InChI=1S/C54H54N4O/c1-52(2,3)37-27-28-55-50(32-37)58-47-23-14-13-21-45(47)46-26-25-43(34-49(46)58)59-42-20-15-19-40(33-42)56-35-57(41-30-38(53(4,5)6)29-39(31-41)54(7,8)9)51-44(22-16-24-48(51)56)36-17-11-10-12-18-36/h10-34H,35H2,1-9H3. The Labute approximate surface area is 349 Å². The Kier molecular flexibility index (Phi) is 9.19. The zero-order chi connectivity index (χ0) is 41.3. The van der Waals surface area contributed by atoms with E-state index in [2.05, 4.69) is 222 Å². The second-order valence-corrected chi connectivity index (χ2v) is 19.1. The van der Waals surface area contributed by atoms with Crippen LogP contribution in [0.2, 0.25) is 0 Å². The van der Waals surface area contributed by atoms with Crippen LogP contribution in [0.25, 0.3) is 38.8 Å². The van der Waals surface area contributed by atoms with Crippen LogP contribution < -0.4 is 14.5 Å². The zero-order valence-corrected chi connectivity index (χ0v) is 35.8. The number of para-hydroxylation sites is 2. The summed E-state index contributed by atoms with van der Waals surface area (Å²) in [5.74, 6) is 2.45. The SMILES string of the molecule is CC(C)(C)c1cc(N2CN(c3cccc(Oc4ccc5c6ccccc6n(-c6cc(C(C)(C)C)ccn6)c5c4)c3)c3cccc(-c4ccccc4)c32)cc(C(C)(C)C)c1. The molecule has 0 unspecified atom stereocenters. The molecule has 3 heterocycles. The van der Waals surface area contributed by atoms with Crippen molar-refractivity contribution in [3.05, 3.63) is 168 Å². The van der Waals surface area contributed by atoms with Crippen LogP contribution >= 0.6 is 0 Å². The fourth-order valence-corrected chi connectivity index (χ4v) is 8.36. The first-order valence-corrected chi connectivity index (χ1v) is 20.8. The Bertz CT molecular complexity index is 2820. The van der Waals surface area contributed by atoms with Crippen molar-refractivity contribution in [3.8, 4) is 28.4 Å². The number of rotatable bonds is 6. The van der Waals surface area contributed by atoms with Gasteiger partial charge in [0, 0.05) is 46.0 Å². The van der Waals surface area contributed by atoms with Gasteiger partial charge < -0.3 is 14.5 Å². The monoisotopic (exact) mass is 774 g/mol. The molecule has 6 aromatic carbocycles. The van der Waals surface area contributed by atoms with E-state index < -0.39 is 0 Å². The molecular weight excluding hydrogens is 721 g/mol. The number of nitrogens with zero attached hydrogens (tertiary/aromatic N) is 4. The first-order valence-electron chi connectivity index (χ1n) is 20.8. The van der Waals surface area contributed by atoms with Crippen LogP contribution in [0.5, 0.6) is 11.5 Å². The van der Waals surface area contributed by atoms with E-state index >= 15 is 0 Å². The number of hydrogen-bond donors (Lipinski definition) is 0. The quantitative estimate of drug-likeness (QED) is 0.168. The van der Waals surface area contributed by atoms with Crippen molar-refractivity contribution in [2.45, 2.75) is 78.6 Å². The molecule has 0 saturated heterocycles. The second-order valence-electron chi connectivity index (χ2n) is 19.1. The lowest BCUT2D eigenvalue weighted by molar-refractivity contribution is 0.483. The maximum atomic E-state index is 6.78. The Hall–Kier alpha value is -6.33. The maximum Gasteiger partial charge on any atom is 0.137 e. The van der Waals surface area contributed by atoms with Gasteiger partial charge in [-0.2, -0.15) is 0 Å². The molecule has 9 rings (SSSR count). The molecule has 59 heavy (non-hydrogen) atoms. The maximum absolute atomic E-state index is 6.78. The highest BCUT2D eigenvalue weighted by Gasteiger charge is 2.33. The van der Waals surface area contributed by atoms with Crippen molar-refractivity contribution >= 4 is 44.6 Å². The van der Waals surface area contributed by atoms with E-state index in [1.165, 1.54) is 44.6 Å². The predicted molar refractivity (Wildman–Crippen MR) is 249 cm³/mol. The van der Waals surface area contributed by atoms with E-state index in [4.69, 9.17) is 9.72 Å². The minimum Gasteiger partial charge on any atom is -0.457 e. The zero-order valence-electron chi connectivity index (χ0n) is 35.8. The summed E-state index contributed by atoms with van der Waals surface area (Å²) < 4.78 is 9.04. The predicted octanol–water partition coefficient (Wildman–Crippen LogP) is 14.8. The molecule has 2 aromatic heterocycles. The molecule has 0 fully saturated rings. The average Bonchev–Trinajstić information content (AvgIpc) is 3.77. The third-order valence-electron chi connectivity index (χ3n) is 11.8. The Morgan fingerprint density at radius 1 is 0.492 bits per heavy atom. The first kappa shape index (κ1) is 38.2. The topological polar surface area (TPSA) is 33.5 Å². The van der Waals surface area contributed by atoms with Gasteiger partial charge in [0.2, 0.25) is 0 Å². The van der Waals surface area contributed by atoms with Crippen molar-refractivity contribution in [2.24, 2.45) is 0 Å². The summed E-state index contributed by atoms with van der Waals surface area (Å²) in [6.07, 6.45) is 1.92. The second kappa shape index (κ2) is 14.2. The molecule has 0 atom stereocenters. The molecule has 8 aromatic rings. The van der Waals surface area contributed by atoms with Crippen molar-refractivity contribution < 1.29 is 4.74 Å². The average molecular weight is 775 g/mol. The number of anilines is 4. The minimum atomic E-state index is -0.00672. The third-order valence-corrected chi connectivity index (χ3v) is 11.8. The summed E-state index contributed by atoms with van der Waals surface area (Å²) >= 11 is 0. The summed E-state index contributed by atoms with van der Waals surface area (Å²) in [4.78, 5) is 9.81.